The zero-order chi connectivity index (χ0) is 14.1. The van der Waals surface area contributed by atoms with Crippen molar-refractivity contribution in [3.05, 3.63) is 30.3 Å². The van der Waals surface area contributed by atoms with Gasteiger partial charge in [-0.15, -0.1) is 0 Å². The summed E-state index contributed by atoms with van der Waals surface area (Å²) in [5.41, 5.74) is 0. The van der Waals surface area contributed by atoms with E-state index in [9.17, 15) is 4.79 Å². The van der Waals surface area contributed by atoms with Crippen LogP contribution < -0.4 is 10.1 Å². The highest BCUT2D eigenvalue weighted by atomic mass is 16.5. The molecule has 0 aliphatic heterocycles. The maximum atomic E-state index is 11.9. The van der Waals surface area contributed by atoms with Crippen LogP contribution in [-0.4, -0.2) is 43.5 Å². The molecule has 2 unspecified atom stereocenters. The molecular weight excluding hydrogens is 246 g/mol. The number of hydrogen-bond donors (Lipinski definition) is 2. The van der Waals surface area contributed by atoms with Gasteiger partial charge in [-0.05, 0) is 25.5 Å². The zero-order valence-electron chi connectivity index (χ0n) is 11.3. The Kier molecular flexibility index (Phi) is 6.92. The van der Waals surface area contributed by atoms with Gasteiger partial charge in [0.05, 0.1) is 12.6 Å². The fraction of sp³-hybridized carbons (Fsp3) is 0.500. The molecule has 2 atom stereocenters. The highest BCUT2D eigenvalue weighted by molar-refractivity contribution is 5.81. The molecule has 1 aromatic rings. The molecule has 1 rings (SSSR count). The van der Waals surface area contributed by atoms with Crippen molar-refractivity contribution < 1.29 is 19.4 Å². The molecule has 0 aromatic heterocycles. The minimum Gasteiger partial charge on any atom is -0.481 e. The van der Waals surface area contributed by atoms with E-state index in [1.54, 1.807) is 26.2 Å². The fourth-order valence-corrected chi connectivity index (χ4v) is 1.63. The number of carbonyl (C=O) groups excluding carboxylic acids is 1. The minimum absolute atomic E-state index is 0.00221. The molecule has 0 bridgehead atoms. The monoisotopic (exact) mass is 267 g/mol. The van der Waals surface area contributed by atoms with Crippen LogP contribution in [0.25, 0.3) is 0 Å². The van der Waals surface area contributed by atoms with Crippen molar-refractivity contribution in [3.63, 3.8) is 0 Å². The van der Waals surface area contributed by atoms with Gasteiger partial charge in [0.1, 0.15) is 5.75 Å². The number of ether oxygens (including phenoxy) is 2. The van der Waals surface area contributed by atoms with Crippen LogP contribution in [0.2, 0.25) is 0 Å². The van der Waals surface area contributed by atoms with Crippen LogP contribution in [0.5, 0.6) is 5.75 Å². The maximum absolute atomic E-state index is 11.9. The Morgan fingerprint density at radius 2 is 2.05 bits per heavy atom. The van der Waals surface area contributed by atoms with Crippen molar-refractivity contribution in [2.45, 2.75) is 25.5 Å². The molecule has 106 valence electrons. The van der Waals surface area contributed by atoms with E-state index in [1.165, 1.54) is 0 Å². The van der Waals surface area contributed by atoms with Crippen LogP contribution >= 0.6 is 0 Å². The highest BCUT2D eigenvalue weighted by Gasteiger charge is 2.18. The molecule has 0 saturated heterocycles. The highest BCUT2D eigenvalue weighted by Crippen LogP contribution is 2.10. The summed E-state index contributed by atoms with van der Waals surface area (Å²) in [7, 11) is 1.56. The van der Waals surface area contributed by atoms with Crippen molar-refractivity contribution in [2.75, 3.05) is 20.3 Å². The van der Waals surface area contributed by atoms with Crippen LogP contribution in [0.4, 0.5) is 0 Å². The number of carbonyl (C=O) groups is 1. The van der Waals surface area contributed by atoms with Crippen LogP contribution in [0.1, 0.15) is 13.3 Å². The van der Waals surface area contributed by atoms with E-state index < -0.39 is 6.10 Å². The lowest BCUT2D eigenvalue weighted by Gasteiger charge is -2.20. The Bertz CT molecular complexity index is 363. The topological polar surface area (TPSA) is 67.8 Å². The van der Waals surface area contributed by atoms with Crippen LogP contribution in [0, 0.1) is 0 Å². The Morgan fingerprint density at radius 3 is 2.63 bits per heavy atom. The van der Waals surface area contributed by atoms with Gasteiger partial charge in [0.15, 0.2) is 6.10 Å². The Hall–Kier alpha value is -1.59. The van der Waals surface area contributed by atoms with E-state index in [4.69, 9.17) is 14.6 Å². The summed E-state index contributed by atoms with van der Waals surface area (Å²) in [6.07, 6.45) is -0.141. The van der Waals surface area contributed by atoms with Gasteiger partial charge >= 0.3 is 0 Å². The first-order valence-corrected chi connectivity index (χ1v) is 6.29. The average molecular weight is 267 g/mol. The molecule has 0 aliphatic rings. The van der Waals surface area contributed by atoms with E-state index in [1.807, 2.05) is 18.2 Å². The smallest absolute Gasteiger partial charge is 0.261 e. The largest absolute Gasteiger partial charge is 0.481 e. The van der Waals surface area contributed by atoms with Gasteiger partial charge in [-0.3, -0.25) is 4.79 Å². The number of aliphatic hydroxyl groups excluding tert-OH is 1. The molecular formula is C14H21NO4. The number of rotatable bonds is 8. The second kappa shape index (κ2) is 8.50. The molecule has 1 amide bonds. The molecule has 0 fully saturated rings. The van der Waals surface area contributed by atoms with Crippen LogP contribution in [0.15, 0.2) is 30.3 Å². The van der Waals surface area contributed by atoms with Crippen molar-refractivity contribution >= 4 is 5.91 Å². The normalized spacial score (nSPS) is 13.6. The molecule has 5 heteroatoms. The van der Waals surface area contributed by atoms with Gasteiger partial charge in [0, 0.05) is 13.7 Å². The van der Waals surface area contributed by atoms with Crippen molar-refractivity contribution in [3.8, 4) is 5.75 Å². The van der Waals surface area contributed by atoms with E-state index in [2.05, 4.69) is 5.32 Å². The van der Waals surface area contributed by atoms with E-state index >= 15 is 0 Å². The molecule has 5 nitrogen and oxygen atoms in total. The lowest BCUT2D eigenvalue weighted by atomic mass is 10.2. The summed E-state index contributed by atoms with van der Waals surface area (Å²) in [5.74, 6) is 0.426. The molecule has 19 heavy (non-hydrogen) atoms. The van der Waals surface area contributed by atoms with Crippen molar-refractivity contribution in [1.82, 2.24) is 5.32 Å². The quantitative estimate of drug-likeness (QED) is 0.736. The molecule has 0 aliphatic carbocycles. The number of methoxy groups -OCH3 is 1. The molecule has 0 heterocycles. The number of hydrogen-bond acceptors (Lipinski definition) is 4. The Labute approximate surface area is 113 Å². The third kappa shape index (κ3) is 5.72. The summed E-state index contributed by atoms with van der Waals surface area (Å²) in [6.45, 7) is 2.05. The van der Waals surface area contributed by atoms with Gasteiger partial charge in [-0.25, -0.2) is 0 Å². The summed E-state index contributed by atoms with van der Waals surface area (Å²) in [6, 6.07) is 8.96. The first-order chi connectivity index (χ1) is 9.17. The van der Waals surface area contributed by atoms with E-state index in [-0.39, 0.29) is 18.6 Å². The number of benzene rings is 1. The van der Waals surface area contributed by atoms with Crippen LogP contribution in [0.3, 0.4) is 0 Å². The number of amides is 1. The van der Waals surface area contributed by atoms with E-state index in [0.717, 1.165) is 0 Å². The van der Waals surface area contributed by atoms with Gasteiger partial charge in [-0.1, -0.05) is 18.2 Å². The molecule has 0 spiro atoms. The Morgan fingerprint density at radius 1 is 1.37 bits per heavy atom. The van der Waals surface area contributed by atoms with E-state index in [0.29, 0.717) is 18.8 Å². The van der Waals surface area contributed by atoms with Gasteiger partial charge in [0.25, 0.3) is 5.91 Å². The number of nitrogens with one attached hydrogen (secondary N) is 1. The lowest BCUT2D eigenvalue weighted by Crippen LogP contribution is -2.44. The predicted octanol–water partition coefficient (Wildman–Crippen LogP) is 0.967. The summed E-state index contributed by atoms with van der Waals surface area (Å²) < 4.78 is 10.5. The number of aliphatic hydroxyl groups is 1. The first kappa shape index (κ1) is 15.5. The summed E-state index contributed by atoms with van der Waals surface area (Å²) >= 11 is 0. The van der Waals surface area contributed by atoms with Gasteiger partial charge < -0.3 is 19.9 Å². The SMILES string of the molecule is COCC(CCO)NC(=O)C(C)Oc1ccccc1. The van der Waals surface area contributed by atoms with Gasteiger partial charge in [0.2, 0.25) is 0 Å². The average Bonchev–Trinajstić information content (AvgIpc) is 2.40. The molecule has 0 radical (unpaired) electrons. The molecule has 1 aromatic carbocycles. The standard InChI is InChI=1S/C14H21NO4/c1-11(19-13-6-4-3-5-7-13)14(17)15-12(8-9-16)10-18-2/h3-7,11-12,16H,8-10H2,1-2H3,(H,15,17). The molecule has 0 saturated carbocycles. The zero-order valence-corrected chi connectivity index (χ0v) is 11.3. The maximum Gasteiger partial charge on any atom is 0.261 e. The Balaban J connectivity index is 2.47. The fourth-order valence-electron chi connectivity index (χ4n) is 1.63. The third-order valence-corrected chi connectivity index (χ3v) is 2.62. The number of para-hydroxylation sites is 1. The van der Waals surface area contributed by atoms with Gasteiger partial charge in [-0.2, -0.15) is 0 Å². The van der Waals surface area contributed by atoms with Crippen LogP contribution in [-0.2, 0) is 9.53 Å². The first-order valence-electron chi connectivity index (χ1n) is 6.29. The predicted molar refractivity (Wildman–Crippen MR) is 72.0 cm³/mol. The summed E-state index contributed by atoms with van der Waals surface area (Å²) in [4.78, 5) is 11.9. The minimum atomic E-state index is -0.597. The van der Waals surface area contributed by atoms with Crippen molar-refractivity contribution in [1.29, 1.82) is 0 Å². The lowest BCUT2D eigenvalue weighted by molar-refractivity contribution is -0.128. The second-order valence-electron chi connectivity index (χ2n) is 4.25. The van der Waals surface area contributed by atoms with Crippen molar-refractivity contribution in [2.24, 2.45) is 0 Å². The summed E-state index contributed by atoms with van der Waals surface area (Å²) in [5, 5.41) is 11.7. The third-order valence-electron chi connectivity index (χ3n) is 2.62. The second-order valence-corrected chi connectivity index (χ2v) is 4.25. The molecule has 2 N–H and O–H groups in total.